The van der Waals surface area contributed by atoms with Gasteiger partial charge >= 0.3 is 6.03 Å². The van der Waals surface area contributed by atoms with Crippen LogP contribution in [-0.2, 0) is 13.1 Å². The number of urea groups is 1. The Morgan fingerprint density at radius 1 is 1.07 bits per heavy atom. The first-order valence-corrected chi connectivity index (χ1v) is 10.2. The van der Waals surface area contributed by atoms with Crippen molar-refractivity contribution >= 4 is 17.1 Å². The topological polar surface area (TPSA) is 59.0 Å². The summed E-state index contributed by atoms with van der Waals surface area (Å²) in [6, 6.07) is 16.9. The first-order chi connectivity index (χ1) is 13.7. The van der Waals surface area contributed by atoms with Crippen LogP contribution in [0.4, 0.5) is 4.79 Å². The molecule has 0 unspecified atom stereocenters. The Bertz CT molecular complexity index is 939. The zero-order valence-electron chi connectivity index (χ0n) is 16.4. The molecular weight excluding hydrogens is 348 g/mol. The maximum Gasteiger partial charge on any atom is 0.315 e. The highest BCUT2D eigenvalue weighted by Gasteiger charge is 2.16. The summed E-state index contributed by atoms with van der Waals surface area (Å²) in [6.07, 6.45) is 5.86. The number of aromatic nitrogens is 2. The molecule has 1 aromatic heterocycles. The standard InChI is InChI=1S/C23H28N4O/c1-17-11-13-18(14-12-17)16-27-21-10-6-5-9-20(21)26-22(27)15-24-23(28)25-19-7-3-2-4-8-19/h5-6,9-14,19H,2-4,7-8,15-16H2,1H3,(H2,24,25,28). The molecule has 4 rings (SSSR count). The molecule has 5 nitrogen and oxygen atoms in total. The fourth-order valence-electron chi connectivity index (χ4n) is 3.96. The van der Waals surface area contributed by atoms with Crippen LogP contribution in [0.5, 0.6) is 0 Å². The number of para-hydroxylation sites is 2. The lowest BCUT2D eigenvalue weighted by Crippen LogP contribution is -2.42. The zero-order valence-corrected chi connectivity index (χ0v) is 16.4. The first kappa shape index (κ1) is 18.5. The lowest BCUT2D eigenvalue weighted by molar-refractivity contribution is 0.232. The second kappa shape index (κ2) is 8.46. The molecule has 2 aromatic carbocycles. The summed E-state index contributed by atoms with van der Waals surface area (Å²) in [5.74, 6) is 0.876. The summed E-state index contributed by atoms with van der Waals surface area (Å²) in [6.45, 7) is 3.25. The number of carbonyl (C=O) groups is 1. The van der Waals surface area contributed by atoms with Crippen LogP contribution in [0.3, 0.4) is 0 Å². The third-order valence-corrected chi connectivity index (χ3v) is 5.54. The number of hydrogen-bond acceptors (Lipinski definition) is 2. The summed E-state index contributed by atoms with van der Waals surface area (Å²) in [5.41, 5.74) is 4.52. The number of fused-ring (bicyclic) bond motifs is 1. The summed E-state index contributed by atoms with van der Waals surface area (Å²) in [4.78, 5) is 17.1. The lowest BCUT2D eigenvalue weighted by Gasteiger charge is -2.22. The lowest BCUT2D eigenvalue weighted by atomic mass is 9.96. The van der Waals surface area contributed by atoms with E-state index in [1.54, 1.807) is 0 Å². The van der Waals surface area contributed by atoms with Crippen LogP contribution in [-0.4, -0.2) is 21.6 Å². The van der Waals surface area contributed by atoms with E-state index in [2.05, 4.69) is 52.5 Å². The van der Waals surface area contributed by atoms with Gasteiger partial charge < -0.3 is 15.2 Å². The molecular formula is C23H28N4O. The molecule has 1 heterocycles. The molecule has 146 valence electrons. The Labute approximate surface area is 166 Å². The molecule has 28 heavy (non-hydrogen) atoms. The molecule has 0 bridgehead atoms. The summed E-state index contributed by atoms with van der Waals surface area (Å²) >= 11 is 0. The fraction of sp³-hybridized carbons (Fsp3) is 0.391. The van der Waals surface area contributed by atoms with Crippen molar-refractivity contribution in [3.63, 3.8) is 0 Å². The third kappa shape index (κ3) is 4.35. The monoisotopic (exact) mass is 376 g/mol. The largest absolute Gasteiger partial charge is 0.335 e. The highest BCUT2D eigenvalue weighted by molar-refractivity contribution is 5.77. The van der Waals surface area contributed by atoms with Gasteiger partial charge in [0, 0.05) is 12.6 Å². The number of amides is 2. The van der Waals surface area contributed by atoms with Gasteiger partial charge in [-0.1, -0.05) is 61.2 Å². The number of nitrogens with zero attached hydrogens (tertiary/aromatic N) is 2. The van der Waals surface area contributed by atoms with E-state index in [0.717, 1.165) is 36.2 Å². The number of aryl methyl sites for hydroxylation is 1. The minimum atomic E-state index is -0.0964. The van der Waals surface area contributed by atoms with Gasteiger partial charge in [0.25, 0.3) is 0 Å². The molecule has 2 amide bonds. The van der Waals surface area contributed by atoms with Gasteiger partial charge in [-0.2, -0.15) is 0 Å². The van der Waals surface area contributed by atoms with Crippen molar-refractivity contribution in [3.8, 4) is 0 Å². The summed E-state index contributed by atoms with van der Waals surface area (Å²) in [7, 11) is 0. The van der Waals surface area contributed by atoms with Gasteiger partial charge in [0.15, 0.2) is 0 Å². The Hall–Kier alpha value is -2.82. The van der Waals surface area contributed by atoms with Gasteiger partial charge in [-0.3, -0.25) is 0 Å². The van der Waals surface area contributed by atoms with Crippen molar-refractivity contribution in [2.75, 3.05) is 0 Å². The van der Waals surface area contributed by atoms with Crippen LogP contribution in [0.15, 0.2) is 48.5 Å². The highest BCUT2D eigenvalue weighted by atomic mass is 16.2. The second-order valence-corrected chi connectivity index (χ2v) is 7.75. The van der Waals surface area contributed by atoms with Crippen LogP contribution < -0.4 is 10.6 Å². The van der Waals surface area contributed by atoms with Gasteiger partial charge in [-0.15, -0.1) is 0 Å². The molecule has 1 aliphatic carbocycles. The number of carbonyl (C=O) groups excluding carboxylic acids is 1. The quantitative estimate of drug-likeness (QED) is 0.687. The van der Waals surface area contributed by atoms with Crippen molar-refractivity contribution in [3.05, 3.63) is 65.5 Å². The Morgan fingerprint density at radius 2 is 1.82 bits per heavy atom. The number of imidazole rings is 1. The minimum Gasteiger partial charge on any atom is -0.335 e. The molecule has 1 fully saturated rings. The number of hydrogen-bond donors (Lipinski definition) is 2. The Kier molecular flexibility index (Phi) is 5.60. The van der Waals surface area contributed by atoms with Gasteiger partial charge in [0.2, 0.25) is 0 Å². The van der Waals surface area contributed by atoms with E-state index in [1.807, 2.05) is 18.2 Å². The van der Waals surface area contributed by atoms with E-state index in [0.29, 0.717) is 12.6 Å². The van der Waals surface area contributed by atoms with E-state index in [-0.39, 0.29) is 6.03 Å². The smallest absolute Gasteiger partial charge is 0.315 e. The van der Waals surface area contributed by atoms with Gasteiger partial charge in [-0.25, -0.2) is 9.78 Å². The predicted octanol–water partition coefficient (Wildman–Crippen LogP) is 4.52. The van der Waals surface area contributed by atoms with Crippen molar-refractivity contribution in [1.29, 1.82) is 0 Å². The first-order valence-electron chi connectivity index (χ1n) is 10.2. The predicted molar refractivity (Wildman–Crippen MR) is 112 cm³/mol. The second-order valence-electron chi connectivity index (χ2n) is 7.75. The van der Waals surface area contributed by atoms with Crippen LogP contribution in [0.2, 0.25) is 0 Å². The number of rotatable bonds is 5. The van der Waals surface area contributed by atoms with Crippen LogP contribution in [0, 0.1) is 6.92 Å². The third-order valence-electron chi connectivity index (χ3n) is 5.54. The van der Waals surface area contributed by atoms with E-state index < -0.39 is 0 Å². The highest BCUT2D eigenvalue weighted by Crippen LogP contribution is 2.19. The molecule has 3 aromatic rings. The number of nitrogens with one attached hydrogen (secondary N) is 2. The Morgan fingerprint density at radius 3 is 2.61 bits per heavy atom. The van der Waals surface area contributed by atoms with Gasteiger partial charge in [0.1, 0.15) is 5.82 Å². The van der Waals surface area contributed by atoms with Crippen molar-refractivity contribution < 1.29 is 4.79 Å². The summed E-state index contributed by atoms with van der Waals surface area (Å²) in [5, 5.41) is 6.12. The van der Waals surface area contributed by atoms with Crippen molar-refractivity contribution in [2.45, 2.75) is 58.2 Å². The molecule has 0 aliphatic heterocycles. The molecule has 0 spiro atoms. The van der Waals surface area contributed by atoms with E-state index in [4.69, 9.17) is 4.98 Å². The van der Waals surface area contributed by atoms with E-state index in [1.165, 1.54) is 30.4 Å². The fourth-order valence-corrected chi connectivity index (χ4v) is 3.96. The van der Waals surface area contributed by atoms with Crippen LogP contribution >= 0.6 is 0 Å². The molecule has 0 atom stereocenters. The van der Waals surface area contributed by atoms with Gasteiger partial charge in [-0.05, 0) is 37.5 Å². The number of benzene rings is 2. The minimum absolute atomic E-state index is 0.0964. The molecule has 2 N–H and O–H groups in total. The maximum absolute atomic E-state index is 12.3. The maximum atomic E-state index is 12.3. The SMILES string of the molecule is Cc1ccc(Cn2c(CNC(=O)NC3CCCCC3)nc3ccccc32)cc1. The normalized spacial score (nSPS) is 14.9. The van der Waals surface area contributed by atoms with Crippen LogP contribution in [0.1, 0.15) is 49.1 Å². The summed E-state index contributed by atoms with van der Waals surface area (Å²) < 4.78 is 2.20. The molecule has 0 saturated heterocycles. The van der Waals surface area contributed by atoms with E-state index in [9.17, 15) is 4.79 Å². The Balaban J connectivity index is 1.49. The average Bonchev–Trinajstić information content (AvgIpc) is 3.06. The van der Waals surface area contributed by atoms with Crippen molar-refractivity contribution in [2.24, 2.45) is 0 Å². The average molecular weight is 377 g/mol. The van der Waals surface area contributed by atoms with Crippen LogP contribution in [0.25, 0.3) is 11.0 Å². The van der Waals surface area contributed by atoms with E-state index >= 15 is 0 Å². The molecule has 5 heteroatoms. The van der Waals surface area contributed by atoms with Crippen molar-refractivity contribution in [1.82, 2.24) is 20.2 Å². The molecule has 0 radical (unpaired) electrons. The van der Waals surface area contributed by atoms with Gasteiger partial charge in [0.05, 0.1) is 17.6 Å². The molecule has 1 saturated carbocycles. The zero-order chi connectivity index (χ0) is 19.3. The molecule has 1 aliphatic rings.